The van der Waals surface area contributed by atoms with Gasteiger partial charge in [-0.3, -0.25) is 4.79 Å². The second kappa shape index (κ2) is 10.3. The van der Waals surface area contributed by atoms with Gasteiger partial charge in [-0.05, 0) is 61.9 Å². The Balaban J connectivity index is 1.54. The number of hydrogen-bond donors (Lipinski definition) is 4. The third-order valence-corrected chi connectivity index (χ3v) is 5.79. The van der Waals surface area contributed by atoms with E-state index in [2.05, 4.69) is 31.3 Å². The molecule has 2 aromatic carbocycles. The lowest BCUT2D eigenvalue weighted by atomic mass is 9.93. The van der Waals surface area contributed by atoms with E-state index in [1.54, 1.807) is 29.2 Å². The number of β-amino-alcohol motifs (C(OH)–C–C–N with tert-alkyl or cyclic N) is 2. The molecule has 4 N–H and O–H groups in total. The van der Waals surface area contributed by atoms with E-state index in [9.17, 15) is 20.1 Å². The van der Waals surface area contributed by atoms with Crippen LogP contribution in [0.3, 0.4) is 0 Å². The number of amides is 1. The van der Waals surface area contributed by atoms with E-state index in [-0.39, 0.29) is 17.2 Å². The molecule has 2 aromatic rings. The number of phenolic OH excluding ortho intramolecular Hbond substituents is 1. The SMILES string of the molecule is CC(C)(Cc1cccc(CC(=O)N2CCCC(O)C2)c1)NCC(O)c1ccc(O)cc1. The van der Waals surface area contributed by atoms with Crippen LogP contribution < -0.4 is 5.32 Å². The molecule has 168 valence electrons. The third-order valence-electron chi connectivity index (χ3n) is 5.79. The molecule has 1 amide bonds. The van der Waals surface area contributed by atoms with Crippen LogP contribution in [0.5, 0.6) is 5.75 Å². The van der Waals surface area contributed by atoms with Gasteiger partial charge in [0.25, 0.3) is 0 Å². The second-order valence-electron chi connectivity index (χ2n) is 9.18. The highest BCUT2D eigenvalue weighted by molar-refractivity contribution is 5.79. The summed E-state index contributed by atoms with van der Waals surface area (Å²) >= 11 is 0. The molecule has 0 bridgehead atoms. The van der Waals surface area contributed by atoms with E-state index in [4.69, 9.17) is 0 Å². The molecular weight excluding hydrogens is 392 g/mol. The van der Waals surface area contributed by atoms with E-state index in [1.165, 1.54) is 0 Å². The first-order valence-electron chi connectivity index (χ1n) is 11.0. The predicted octanol–water partition coefficient (Wildman–Crippen LogP) is 2.56. The number of nitrogens with one attached hydrogen (secondary N) is 1. The van der Waals surface area contributed by atoms with Gasteiger partial charge in [0, 0.05) is 25.2 Å². The molecule has 1 aliphatic heterocycles. The first-order valence-corrected chi connectivity index (χ1v) is 11.0. The van der Waals surface area contributed by atoms with Crippen LogP contribution in [-0.4, -0.2) is 57.4 Å². The van der Waals surface area contributed by atoms with Crippen molar-refractivity contribution in [1.29, 1.82) is 0 Å². The van der Waals surface area contributed by atoms with Crippen LogP contribution in [0.4, 0.5) is 0 Å². The Kier molecular flexibility index (Phi) is 7.70. The van der Waals surface area contributed by atoms with Gasteiger partial charge in [-0.1, -0.05) is 36.4 Å². The van der Waals surface area contributed by atoms with E-state index in [1.807, 2.05) is 12.1 Å². The number of aliphatic hydroxyl groups is 2. The number of rotatable bonds is 8. The van der Waals surface area contributed by atoms with Crippen molar-refractivity contribution in [2.75, 3.05) is 19.6 Å². The number of aromatic hydroxyl groups is 1. The molecule has 2 unspecified atom stereocenters. The van der Waals surface area contributed by atoms with Crippen molar-refractivity contribution in [2.45, 2.75) is 57.3 Å². The second-order valence-corrected chi connectivity index (χ2v) is 9.18. The summed E-state index contributed by atoms with van der Waals surface area (Å²) in [5, 5.41) is 33.0. The maximum Gasteiger partial charge on any atom is 0.227 e. The fraction of sp³-hybridized carbons (Fsp3) is 0.480. The van der Waals surface area contributed by atoms with Gasteiger partial charge < -0.3 is 25.5 Å². The van der Waals surface area contributed by atoms with E-state index in [0.717, 1.165) is 42.5 Å². The van der Waals surface area contributed by atoms with Crippen molar-refractivity contribution in [2.24, 2.45) is 0 Å². The summed E-state index contributed by atoms with van der Waals surface area (Å²) in [4.78, 5) is 14.4. The molecule has 1 fully saturated rings. The first-order chi connectivity index (χ1) is 14.7. The summed E-state index contributed by atoms with van der Waals surface area (Å²) in [6.07, 6.45) is 1.64. The Labute approximate surface area is 184 Å². The Morgan fingerprint density at radius 1 is 1.19 bits per heavy atom. The molecule has 0 spiro atoms. The molecule has 0 aromatic heterocycles. The quantitative estimate of drug-likeness (QED) is 0.521. The average Bonchev–Trinajstić information content (AvgIpc) is 2.72. The largest absolute Gasteiger partial charge is 0.508 e. The molecule has 0 radical (unpaired) electrons. The molecule has 31 heavy (non-hydrogen) atoms. The summed E-state index contributed by atoms with van der Waals surface area (Å²) < 4.78 is 0. The monoisotopic (exact) mass is 426 g/mol. The van der Waals surface area contributed by atoms with Gasteiger partial charge in [0.05, 0.1) is 18.6 Å². The average molecular weight is 427 g/mol. The minimum atomic E-state index is -0.663. The molecule has 0 aliphatic carbocycles. The van der Waals surface area contributed by atoms with Gasteiger partial charge >= 0.3 is 0 Å². The zero-order valence-corrected chi connectivity index (χ0v) is 18.4. The van der Waals surface area contributed by atoms with Crippen LogP contribution in [0.25, 0.3) is 0 Å². The molecule has 1 heterocycles. The molecule has 3 rings (SSSR count). The maximum atomic E-state index is 12.6. The molecule has 1 saturated heterocycles. The zero-order chi connectivity index (χ0) is 22.4. The fourth-order valence-corrected chi connectivity index (χ4v) is 4.08. The number of hydrogen-bond acceptors (Lipinski definition) is 5. The van der Waals surface area contributed by atoms with Gasteiger partial charge in [0.2, 0.25) is 5.91 Å². The number of piperidine rings is 1. The van der Waals surface area contributed by atoms with Gasteiger partial charge in [-0.2, -0.15) is 0 Å². The number of likely N-dealkylation sites (tertiary alicyclic amines) is 1. The van der Waals surface area contributed by atoms with Crippen molar-refractivity contribution in [3.05, 3.63) is 65.2 Å². The maximum absolute atomic E-state index is 12.6. The van der Waals surface area contributed by atoms with Crippen molar-refractivity contribution >= 4 is 5.91 Å². The topological polar surface area (TPSA) is 93.0 Å². The fourth-order valence-electron chi connectivity index (χ4n) is 4.08. The van der Waals surface area contributed by atoms with Crippen molar-refractivity contribution in [1.82, 2.24) is 10.2 Å². The lowest BCUT2D eigenvalue weighted by molar-refractivity contribution is -0.133. The van der Waals surface area contributed by atoms with Crippen molar-refractivity contribution < 1.29 is 20.1 Å². The van der Waals surface area contributed by atoms with Crippen LogP contribution in [0.15, 0.2) is 48.5 Å². The molecular formula is C25H34N2O4. The highest BCUT2D eigenvalue weighted by Crippen LogP contribution is 2.20. The Bertz CT molecular complexity index is 866. The Morgan fingerprint density at radius 2 is 1.90 bits per heavy atom. The highest BCUT2D eigenvalue weighted by Gasteiger charge is 2.23. The standard InChI is InChI=1S/C25H34N2O4/c1-25(2,26-16-23(30)20-8-10-21(28)11-9-20)15-19-6-3-5-18(13-19)14-24(31)27-12-4-7-22(29)17-27/h3,5-6,8-11,13,22-23,26,28-30H,4,7,12,14-17H2,1-2H3. The van der Waals surface area contributed by atoms with E-state index in [0.29, 0.717) is 19.5 Å². The number of carbonyl (C=O) groups is 1. The van der Waals surface area contributed by atoms with Crippen LogP contribution in [-0.2, 0) is 17.6 Å². The number of phenols is 1. The Hall–Kier alpha value is -2.41. The first kappa shape index (κ1) is 23.3. The number of benzene rings is 2. The zero-order valence-electron chi connectivity index (χ0n) is 18.4. The smallest absolute Gasteiger partial charge is 0.227 e. The minimum Gasteiger partial charge on any atom is -0.508 e. The summed E-state index contributed by atoms with van der Waals surface area (Å²) in [7, 11) is 0. The molecule has 6 nitrogen and oxygen atoms in total. The van der Waals surface area contributed by atoms with Crippen LogP contribution in [0.2, 0.25) is 0 Å². The van der Waals surface area contributed by atoms with Crippen molar-refractivity contribution in [3.63, 3.8) is 0 Å². The lowest BCUT2D eigenvalue weighted by Crippen LogP contribution is -2.43. The normalized spacial score (nSPS) is 18.1. The molecule has 1 aliphatic rings. The number of aliphatic hydroxyl groups excluding tert-OH is 2. The predicted molar refractivity (Wildman–Crippen MR) is 121 cm³/mol. The van der Waals surface area contributed by atoms with Crippen LogP contribution >= 0.6 is 0 Å². The van der Waals surface area contributed by atoms with Gasteiger partial charge in [-0.25, -0.2) is 0 Å². The van der Waals surface area contributed by atoms with Gasteiger partial charge in [0.1, 0.15) is 5.75 Å². The summed E-state index contributed by atoms with van der Waals surface area (Å²) in [5.74, 6) is 0.240. The number of nitrogens with zero attached hydrogens (tertiary/aromatic N) is 1. The Morgan fingerprint density at radius 3 is 2.61 bits per heavy atom. The van der Waals surface area contributed by atoms with Gasteiger partial charge in [0.15, 0.2) is 0 Å². The lowest BCUT2D eigenvalue weighted by Gasteiger charge is -2.30. The summed E-state index contributed by atoms with van der Waals surface area (Å²) in [5.41, 5.74) is 2.60. The number of carbonyl (C=O) groups excluding carboxylic acids is 1. The third kappa shape index (κ3) is 7.06. The van der Waals surface area contributed by atoms with E-state index < -0.39 is 12.2 Å². The minimum absolute atomic E-state index is 0.0605. The molecule has 2 atom stereocenters. The van der Waals surface area contributed by atoms with Crippen molar-refractivity contribution in [3.8, 4) is 5.75 Å². The molecule has 6 heteroatoms. The van der Waals surface area contributed by atoms with E-state index >= 15 is 0 Å². The van der Waals surface area contributed by atoms with Gasteiger partial charge in [-0.15, -0.1) is 0 Å². The summed E-state index contributed by atoms with van der Waals surface area (Å²) in [6.45, 7) is 5.72. The highest BCUT2D eigenvalue weighted by atomic mass is 16.3. The molecule has 0 saturated carbocycles. The summed E-state index contributed by atoms with van der Waals surface area (Å²) in [6, 6.07) is 14.6. The van der Waals surface area contributed by atoms with Crippen LogP contribution in [0.1, 0.15) is 49.5 Å². The van der Waals surface area contributed by atoms with Crippen LogP contribution in [0, 0.1) is 0 Å².